The zero-order chi connectivity index (χ0) is 10.5. The summed E-state index contributed by atoms with van der Waals surface area (Å²) in [5.74, 6) is 0.637. The van der Waals surface area contributed by atoms with Crippen LogP contribution in [0.3, 0.4) is 0 Å². The van der Waals surface area contributed by atoms with E-state index < -0.39 is 0 Å². The fourth-order valence-electron chi connectivity index (χ4n) is 1.64. The number of hydrogen-bond donors (Lipinski definition) is 1. The molecular weight excluding hydrogens is 192 g/mol. The molecule has 82 valence electrons. The van der Waals surface area contributed by atoms with Gasteiger partial charge in [0.1, 0.15) is 0 Å². The Kier molecular flexibility index (Phi) is 3.40. The van der Waals surface area contributed by atoms with Crippen molar-refractivity contribution in [2.75, 3.05) is 25.6 Å². The molecule has 1 saturated heterocycles. The van der Waals surface area contributed by atoms with Gasteiger partial charge in [-0.25, -0.2) is 4.98 Å². The van der Waals surface area contributed by atoms with Gasteiger partial charge in [0.25, 0.3) is 0 Å². The van der Waals surface area contributed by atoms with Crippen LogP contribution >= 0.6 is 0 Å². The van der Waals surface area contributed by atoms with E-state index in [1.165, 1.54) is 6.42 Å². The van der Waals surface area contributed by atoms with Gasteiger partial charge in [-0.2, -0.15) is 0 Å². The maximum absolute atomic E-state index is 5.51. The van der Waals surface area contributed by atoms with E-state index in [1.807, 2.05) is 12.1 Å². The van der Waals surface area contributed by atoms with Gasteiger partial charge in [-0.1, -0.05) is 0 Å². The molecule has 4 heteroatoms. The molecule has 0 radical (unpaired) electrons. The fourth-order valence-corrected chi connectivity index (χ4v) is 1.64. The first-order valence-corrected chi connectivity index (χ1v) is 5.24. The highest BCUT2D eigenvalue weighted by Gasteiger charge is 2.14. The highest BCUT2D eigenvalue weighted by atomic mass is 16.5. The molecule has 15 heavy (non-hydrogen) atoms. The number of rotatable bonds is 4. The van der Waals surface area contributed by atoms with Gasteiger partial charge in [0.05, 0.1) is 25.1 Å². The molecule has 0 aromatic carbocycles. The monoisotopic (exact) mass is 208 g/mol. The first-order valence-electron chi connectivity index (χ1n) is 5.24. The summed E-state index contributed by atoms with van der Waals surface area (Å²) < 4.78 is 10.5. The summed E-state index contributed by atoms with van der Waals surface area (Å²) in [6.07, 6.45) is 4.45. The molecule has 2 heterocycles. The smallest absolute Gasteiger partial charge is 0.213 e. The van der Waals surface area contributed by atoms with E-state index in [1.54, 1.807) is 13.3 Å². The first-order chi connectivity index (χ1) is 7.38. The van der Waals surface area contributed by atoms with E-state index >= 15 is 0 Å². The van der Waals surface area contributed by atoms with Crippen molar-refractivity contribution in [1.29, 1.82) is 0 Å². The van der Waals surface area contributed by atoms with E-state index in [0.29, 0.717) is 12.0 Å². The number of nitrogens with zero attached hydrogens (tertiary/aromatic N) is 1. The average molecular weight is 208 g/mol. The van der Waals surface area contributed by atoms with Crippen molar-refractivity contribution in [1.82, 2.24) is 4.98 Å². The summed E-state index contributed by atoms with van der Waals surface area (Å²) in [7, 11) is 1.61. The van der Waals surface area contributed by atoms with Gasteiger partial charge in [0, 0.05) is 19.2 Å². The van der Waals surface area contributed by atoms with Crippen LogP contribution in [0.2, 0.25) is 0 Å². The first kappa shape index (κ1) is 10.2. The molecule has 0 spiro atoms. The predicted octanol–water partition coefficient (Wildman–Crippen LogP) is 1.68. The minimum Gasteiger partial charge on any atom is -0.481 e. The predicted molar refractivity (Wildman–Crippen MR) is 58.3 cm³/mol. The lowest BCUT2D eigenvalue weighted by atomic mass is 10.2. The molecule has 1 unspecified atom stereocenters. The van der Waals surface area contributed by atoms with Crippen LogP contribution in [0.1, 0.15) is 12.8 Å². The molecule has 4 nitrogen and oxygen atoms in total. The third-order valence-corrected chi connectivity index (χ3v) is 2.50. The molecule has 1 aliphatic rings. The number of anilines is 1. The summed E-state index contributed by atoms with van der Waals surface area (Å²) >= 11 is 0. The van der Waals surface area contributed by atoms with Crippen LogP contribution in [0.15, 0.2) is 18.3 Å². The van der Waals surface area contributed by atoms with Crippen molar-refractivity contribution in [3.63, 3.8) is 0 Å². The molecule has 1 N–H and O–H groups in total. The van der Waals surface area contributed by atoms with E-state index in [9.17, 15) is 0 Å². The molecule has 1 aliphatic heterocycles. The van der Waals surface area contributed by atoms with Gasteiger partial charge < -0.3 is 14.8 Å². The van der Waals surface area contributed by atoms with Crippen molar-refractivity contribution in [3.05, 3.63) is 18.3 Å². The number of pyridine rings is 1. The van der Waals surface area contributed by atoms with Crippen LogP contribution in [-0.2, 0) is 4.74 Å². The van der Waals surface area contributed by atoms with Gasteiger partial charge in [0.15, 0.2) is 0 Å². The Morgan fingerprint density at radius 3 is 3.13 bits per heavy atom. The Balaban J connectivity index is 1.82. The Bertz CT molecular complexity index is 294. The normalized spacial score (nSPS) is 20.2. The molecular formula is C11H16N2O2. The molecule has 0 bridgehead atoms. The van der Waals surface area contributed by atoms with Gasteiger partial charge in [0.2, 0.25) is 5.88 Å². The van der Waals surface area contributed by atoms with Crippen molar-refractivity contribution >= 4 is 5.69 Å². The maximum Gasteiger partial charge on any atom is 0.213 e. The van der Waals surface area contributed by atoms with Crippen LogP contribution < -0.4 is 10.1 Å². The van der Waals surface area contributed by atoms with E-state index in [2.05, 4.69) is 10.3 Å². The molecule has 1 atom stereocenters. The van der Waals surface area contributed by atoms with Crippen LogP contribution in [-0.4, -0.2) is 31.3 Å². The zero-order valence-corrected chi connectivity index (χ0v) is 8.90. The number of aromatic nitrogens is 1. The average Bonchev–Trinajstić information content (AvgIpc) is 2.80. The van der Waals surface area contributed by atoms with E-state index in [0.717, 1.165) is 25.3 Å². The largest absolute Gasteiger partial charge is 0.481 e. The maximum atomic E-state index is 5.51. The molecule has 0 amide bonds. The lowest BCUT2D eigenvalue weighted by Gasteiger charge is -2.11. The topological polar surface area (TPSA) is 43.4 Å². The van der Waals surface area contributed by atoms with Gasteiger partial charge >= 0.3 is 0 Å². The van der Waals surface area contributed by atoms with Gasteiger partial charge in [-0.15, -0.1) is 0 Å². The van der Waals surface area contributed by atoms with Crippen LogP contribution in [0.5, 0.6) is 5.88 Å². The lowest BCUT2D eigenvalue weighted by molar-refractivity contribution is 0.120. The van der Waals surface area contributed by atoms with Crippen molar-refractivity contribution in [2.24, 2.45) is 0 Å². The standard InChI is InChI=1S/C11H16N2O2/c1-14-11-5-4-9(7-13-11)12-8-10-3-2-6-15-10/h4-5,7,10,12H,2-3,6,8H2,1H3. The van der Waals surface area contributed by atoms with E-state index in [-0.39, 0.29) is 0 Å². The fraction of sp³-hybridized carbons (Fsp3) is 0.545. The Morgan fingerprint density at radius 1 is 1.60 bits per heavy atom. The minimum absolute atomic E-state index is 0.354. The summed E-state index contributed by atoms with van der Waals surface area (Å²) in [4.78, 5) is 4.12. The van der Waals surface area contributed by atoms with Crippen molar-refractivity contribution in [3.8, 4) is 5.88 Å². The second-order valence-corrected chi connectivity index (χ2v) is 3.61. The van der Waals surface area contributed by atoms with Gasteiger partial charge in [-0.3, -0.25) is 0 Å². The van der Waals surface area contributed by atoms with Gasteiger partial charge in [-0.05, 0) is 18.9 Å². The summed E-state index contributed by atoms with van der Waals surface area (Å²) in [6.45, 7) is 1.75. The third-order valence-electron chi connectivity index (χ3n) is 2.50. The van der Waals surface area contributed by atoms with Crippen LogP contribution in [0.4, 0.5) is 5.69 Å². The quantitative estimate of drug-likeness (QED) is 0.817. The highest BCUT2D eigenvalue weighted by Crippen LogP contribution is 2.14. The second kappa shape index (κ2) is 4.98. The summed E-state index contributed by atoms with van der Waals surface area (Å²) in [5.41, 5.74) is 1.01. The van der Waals surface area contributed by atoms with E-state index in [4.69, 9.17) is 9.47 Å². The zero-order valence-electron chi connectivity index (χ0n) is 8.90. The number of ether oxygens (including phenoxy) is 2. The van der Waals surface area contributed by atoms with Crippen LogP contribution in [0.25, 0.3) is 0 Å². The minimum atomic E-state index is 0.354. The highest BCUT2D eigenvalue weighted by molar-refractivity contribution is 5.42. The lowest BCUT2D eigenvalue weighted by Crippen LogP contribution is -2.18. The molecule has 1 aromatic heterocycles. The number of nitrogens with one attached hydrogen (secondary N) is 1. The van der Waals surface area contributed by atoms with Crippen molar-refractivity contribution in [2.45, 2.75) is 18.9 Å². The molecule has 1 fully saturated rings. The molecule has 2 rings (SSSR count). The Labute approximate surface area is 89.6 Å². The second-order valence-electron chi connectivity index (χ2n) is 3.61. The Hall–Kier alpha value is -1.29. The molecule has 1 aromatic rings. The number of hydrogen-bond acceptors (Lipinski definition) is 4. The molecule has 0 aliphatic carbocycles. The van der Waals surface area contributed by atoms with Crippen molar-refractivity contribution < 1.29 is 9.47 Å². The Morgan fingerprint density at radius 2 is 2.53 bits per heavy atom. The summed E-state index contributed by atoms with van der Waals surface area (Å²) in [6, 6.07) is 3.80. The number of methoxy groups -OCH3 is 1. The summed E-state index contributed by atoms with van der Waals surface area (Å²) in [5, 5.41) is 3.29. The van der Waals surface area contributed by atoms with Crippen LogP contribution in [0, 0.1) is 0 Å². The SMILES string of the molecule is COc1ccc(NCC2CCCO2)cn1. The molecule has 0 saturated carbocycles. The third kappa shape index (κ3) is 2.83.